The van der Waals surface area contributed by atoms with Crippen molar-refractivity contribution in [2.24, 2.45) is 0 Å². The molecule has 1 aromatic heterocycles. The van der Waals surface area contributed by atoms with Crippen LogP contribution in [0.15, 0.2) is 46.9 Å². The number of nitrogen functional groups attached to an aromatic ring is 1. The first-order valence-corrected chi connectivity index (χ1v) is 6.48. The van der Waals surface area contributed by atoms with E-state index in [9.17, 15) is 4.79 Å². The Kier molecular flexibility index (Phi) is 3.31. The molecule has 0 fully saturated rings. The molecular weight excluding hydrogens is 268 g/mol. The van der Waals surface area contributed by atoms with Crippen LogP contribution in [0, 0.1) is 0 Å². The van der Waals surface area contributed by atoms with Gasteiger partial charge in [-0.15, -0.1) is 0 Å². The molecule has 3 aromatic rings. The summed E-state index contributed by atoms with van der Waals surface area (Å²) in [7, 11) is 1.33. The fraction of sp³-hybridized carbons (Fsp3) is 0.125. The zero-order valence-electron chi connectivity index (χ0n) is 11.5. The summed E-state index contributed by atoms with van der Waals surface area (Å²) in [6.45, 7) is 0. The van der Waals surface area contributed by atoms with Crippen molar-refractivity contribution in [3.63, 3.8) is 0 Å². The molecule has 0 saturated heterocycles. The lowest BCUT2D eigenvalue weighted by Crippen LogP contribution is -2.02. The standard InChI is InChI=1S/C16H14N2O3/c1-20-16(19)11-8-12(17)15-13(9-11)18-14(21-15)7-10-5-3-2-4-6-10/h2-6,8-9H,7,17H2,1H3. The minimum absolute atomic E-state index is 0.363. The molecule has 5 nitrogen and oxygen atoms in total. The summed E-state index contributed by atoms with van der Waals surface area (Å²) in [6, 6.07) is 13.0. The van der Waals surface area contributed by atoms with Crippen molar-refractivity contribution in [2.75, 3.05) is 12.8 Å². The van der Waals surface area contributed by atoms with E-state index in [0.717, 1.165) is 5.56 Å². The van der Waals surface area contributed by atoms with E-state index in [1.54, 1.807) is 6.07 Å². The number of benzene rings is 2. The van der Waals surface area contributed by atoms with Crippen LogP contribution < -0.4 is 5.73 Å². The molecule has 0 unspecified atom stereocenters. The first-order valence-electron chi connectivity index (χ1n) is 6.48. The van der Waals surface area contributed by atoms with Gasteiger partial charge in [-0.05, 0) is 17.7 Å². The third-order valence-corrected chi connectivity index (χ3v) is 3.18. The summed E-state index contributed by atoms with van der Waals surface area (Å²) in [6.07, 6.45) is 0.572. The van der Waals surface area contributed by atoms with Gasteiger partial charge in [-0.25, -0.2) is 9.78 Å². The monoisotopic (exact) mass is 282 g/mol. The predicted octanol–water partition coefficient (Wildman–Crippen LogP) is 2.79. The number of methoxy groups -OCH3 is 1. The number of nitrogens with zero attached hydrogens (tertiary/aromatic N) is 1. The van der Waals surface area contributed by atoms with Crippen LogP contribution in [-0.2, 0) is 11.2 Å². The summed E-state index contributed by atoms with van der Waals surface area (Å²) >= 11 is 0. The molecule has 0 amide bonds. The number of nitrogens with two attached hydrogens (primary N) is 1. The highest BCUT2D eigenvalue weighted by molar-refractivity contribution is 5.97. The number of rotatable bonds is 3. The molecule has 0 aliphatic heterocycles. The Morgan fingerprint density at radius 2 is 2.05 bits per heavy atom. The SMILES string of the molecule is COC(=O)c1cc(N)c2oc(Cc3ccccc3)nc2c1. The summed E-state index contributed by atoms with van der Waals surface area (Å²) in [5.41, 5.74) is 8.80. The van der Waals surface area contributed by atoms with Gasteiger partial charge in [0.05, 0.1) is 18.4 Å². The van der Waals surface area contributed by atoms with E-state index in [-0.39, 0.29) is 0 Å². The summed E-state index contributed by atoms with van der Waals surface area (Å²) in [4.78, 5) is 16.0. The predicted molar refractivity (Wildman–Crippen MR) is 79.0 cm³/mol. The van der Waals surface area contributed by atoms with Crippen LogP contribution in [0.4, 0.5) is 5.69 Å². The maximum Gasteiger partial charge on any atom is 0.338 e. The van der Waals surface area contributed by atoms with E-state index in [1.165, 1.54) is 13.2 Å². The lowest BCUT2D eigenvalue weighted by Gasteiger charge is -2.00. The fourth-order valence-electron chi connectivity index (χ4n) is 2.19. The van der Waals surface area contributed by atoms with Crippen molar-refractivity contribution >= 4 is 22.8 Å². The van der Waals surface area contributed by atoms with Gasteiger partial charge >= 0.3 is 5.97 Å². The normalized spacial score (nSPS) is 10.7. The average molecular weight is 282 g/mol. The van der Waals surface area contributed by atoms with Crippen LogP contribution in [0.3, 0.4) is 0 Å². The number of hydrogen-bond acceptors (Lipinski definition) is 5. The van der Waals surface area contributed by atoms with Gasteiger partial charge in [-0.2, -0.15) is 0 Å². The van der Waals surface area contributed by atoms with E-state index < -0.39 is 5.97 Å². The van der Waals surface area contributed by atoms with Crippen LogP contribution in [0.1, 0.15) is 21.8 Å². The maximum atomic E-state index is 11.6. The molecule has 0 spiro atoms. The highest BCUT2D eigenvalue weighted by Gasteiger charge is 2.14. The van der Waals surface area contributed by atoms with E-state index in [0.29, 0.717) is 34.7 Å². The highest BCUT2D eigenvalue weighted by Crippen LogP contribution is 2.25. The van der Waals surface area contributed by atoms with Crippen molar-refractivity contribution in [3.05, 3.63) is 59.5 Å². The van der Waals surface area contributed by atoms with Crippen LogP contribution in [0.2, 0.25) is 0 Å². The lowest BCUT2D eigenvalue weighted by atomic mass is 10.1. The second-order valence-corrected chi connectivity index (χ2v) is 4.68. The number of esters is 1. The second-order valence-electron chi connectivity index (χ2n) is 4.68. The quantitative estimate of drug-likeness (QED) is 0.590. The average Bonchev–Trinajstić information content (AvgIpc) is 2.90. The molecule has 0 atom stereocenters. The number of carbonyl (C=O) groups is 1. The van der Waals surface area contributed by atoms with Crippen LogP contribution in [0.25, 0.3) is 11.1 Å². The molecule has 0 radical (unpaired) electrons. The molecule has 0 aliphatic rings. The Labute approximate surface area is 121 Å². The van der Waals surface area contributed by atoms with Crippen LogP contribution in [0.5, 0.6) is 0 Å². The molecule has 3 rings (SSSR count). The number of hydrogen-bond donors (Lipinski definition) is 1. The molecule has 1 heterocycles. The number of fused-ring (bicyclic) bond motifs is 1. The molecule has 0 aliphatic carbocycles. The lowest BCUT2D eigenvalue weighted by molar-refractivity contribution is 0.0601. The smallest absolute Gasteiger partial charge is 0.338 e. The minimum atomic E-state index is -0.448. The number of aromatic nitrogens is 1. The van der Waals surface area contributed by atoms with Gasteiger partial charge in [0.2, 0.25) is 0 Å². The van der Waals surface area contributed by atoms with Gasteiger partial charge in [0, 0.05) is 6.42 Å². The molecule has 2 N–H and O–H groups in total. The molecule has 106 valence electrons. The van der Waals surface area contributed by atoms with Crippen LogP contribution in [-0.4, -0.2) is 18.1 Å². The highest BCUT2D eigenvalue weighted by atomic mass is 16.5. The van der Waals surface area contributed by atoms with Crippen molar-refractivity contribution in [1.82, 2.24) is 4.98 Å². The van der Waals surface area contributed by atoms with Gasteiger partial charge in [0.25, 0.3) is 0 Å². The van der Waals surface area contributed by atoms with Crippen molar-refractivity contribution in [2.45, 2.75) is 6.42 Å². The Morgan fingerprint density at radius 3 is 2.76 bits per heavy atom. The van der Waals surface area contributed by atoms with Gasteiger partial charge in [0.15, 0.2) is 11.5 Å². The van der Waals surface area contributed by atoms with Gasteiger partial charge in [-0.1, -0.05) is 30.3 Å². The fourth-order valence-corrected chi connectivity index (χ4v) is 2.19. The zero-order chi connectivity index (χ0) is 14.8. The summed E-state index contributed by atoms with van der Waals surface area (Å²) in [5.74, 6) is 0.112. The summed E-state index contributed by atoms with van der Waals surface area (Å²) in [5, 5.41) is 0. The van der Waals surface area contributed by atoms with E-state index in [1.807, 2.05) is 30.3 Å². The largest absolute Gasteiger partial charge is 0.465 e. The van der Waals surface area contributed by atoms with Gasteiger partial charge < -0.3 is 14.9 Å². The van der Waals surface area contributed by atoms with E-state index in [2.05, 4.69) is 9.72 Å². The topological polar surface area (TPSA) is 78.4 Å². The molecule has 0 bridgehead atoms. The molecule has 5 heteroatoms. The molecule has 21 heavy (non-hydrogen) atoms. The third kappa shape index (κ3) is 2.58. The third-order valence-electron chi connectivity index (χ3n) is 3.18. The zero-order valence-corrected chi connectivity index (χ0v) is 11.5. The Balaban J connectivity index is 2.00. The van der Waals surface area contributed by atoms with Crippen LogP contribution >= 0.6 is 0 Å². The second kappa shape index (κ2) is 5.28. The number of carbonyl (C=O) groups excluding carboxylic acids is 1. The first-order chi connectivity index (χ1) is 10.2. The van der Waals surface area contributed by atoms with Gasteiger partial charge in [0.1, 0.15) is 5.52 Å². The maximum absolute atomic E-state index is 11.6. The van der Waals surface area contributed by atoms with E-state index >= 15 is 0 Å². The number of anilines is 1. The first kappa shape index (κ1) is 13.2. The Bertz CT molecular complexity index is 794. The number of ether oxygens (including phenoxy) is 1. The molecule has 0 saturated carbocycles. The molecule has 2 aromatic carbocycles. The number of oxazole rings is 1. The van der Waals surface area contributed by atoms with E-state index in [4.69, 9.17) is 10.2 Å². The Morgan fingerprint density at radius 1 is 1.29 bits per heavy atom. The summed E-state index contributed by atoms with van der Waals surface area (Å²) < 4.78 is 10.4. The van der Waals surface area contributed by atoms with Gasteiger partial charge in [-0.3, -0.25) is 0 Å². The Hall–Kier alpha value is -2.82. The van der Waals surface area contributed by atoms with Crippen molar-refractivity contribution < 1.29 is 13.9 Å². The van der Waals surface area contributed by atoms with Crippen molar-refractivity contribution in [1.29, 1.82) is 0 Å². The molecular formula is C16H14N2O3. The van der Waals surface area contributed by atoms with Crippen molar-refractivity contribution in [3.8, 4) is 0 Å². The minimum Gasteiger partial charge on any atom is -0.465 e.